The van der Waals surface area contributed by atoms with Crippen molar-refractivity contribution in [1.82, 2.24) is 0 Å². The molecule has 0 aromatic carbocycles. The van der Waals surface area contributed by atoms with E-state index in [1.54, 1.807) is 0 Å². The van der Waals surface area contributed by atoms with E-state index in [9.17, 15) is 0 Å². The molecule has 0 saturated heterocycles. The summed E-state index contributed by atoms with van der Waals surface area (Å²) in [4.78, 5) is 0. The van der Waals surface area contributed by atoms with Gasteiger partial charge in [-0.2, -0.15) is 0 Å². The third kappa shape index (κ3) is 20.4. The molecular formula is CuSSeSnZn. The van der Waals surface area contributed by atoms with Crippen LogP contribution in [0.15, 0.2) is 0 Å². The van der Waals surface area contributed by atoms with Gasteiger partial charge in [-0.05, 0) is 0 Å². The van der Waals surface area contributed by atoms with Gasteiger partial charge in [0.1, 0.15) is 0 Å². The molecule has 0 spiro atoms. The Morgan fingerprint density at radius 1 is 1.20 bits per heavy atom. The Kier molecular flexibility index (Phi) is 152. The summed E-state index contributed by atoms with van der Waals surface area (Å²) in [6.45, 7) is 0. The maximum absolute atomic E-state index is 4.17. The summed E-state index contributed by atoms with van der Waals surface area (Å²) in [5, 5.41) is 0. The molecule has 0 aliphatic carbocycles. The molecule has 0 rings (SSSR count). The molecule has 0 heterocycles. The van der Waals surface area contributed by atoms with Crippen molar-refractivity contribution >= 4 is 46.9 Å². The molecule has 0 unspecified atom stereocenters. The van der Waals surface area contributed by atoms with Crippen LogP contribution in [0.1, 0.15) is 0 Å². The fourth-order valence-corrected chi connectivity index (χ4v) is 0. The van der Waals surface area contributed by atoms with Gasteiger partial charge >= 0.3 is 29.9 Å². The first-order valence-corrected chi connectivity index (χ1v) is 4.11. The smallest absolute Gasteiger partial charge is 0 e. The third-order valence-electron chi connectivity index (χ3n) is 0. The maximum Gasteiger partial charge on any atom is 0 e. The molecule has 0 N–H and O–H groups in total. The average molecular weight is 359 g/mol. The van der Waals surface area contributed by atoms with Crippen LogP contribution in [0.5, 0.6) is 0 Å². The monoisotopic (exact) mass is 359 g/mol. The molecular weight excluding hydrogens is 359 g/mol. The van der Waals surface area contributed by atoms with Crippen LogP contribution in [0, 0.1) is 0 Å². The summed E-state index contributed by atoms with van der Waals surface area (Å²) in [6, 6.07) is 0. The third-order valence-corrected chi connectivity index (χ3v) is 0. The van der Waals surface area contributed by atoms with E-state index in [1.807, 2.05) is 0 Å². The van der Waals surface area contributed by atoms with Gasteiger partial charge in [-0.15, -0.1) is 0 Å². The molecule has 0 atom stereocenters. The van der Waals surface area contributed by atoms with E-state index < -0.39 is 0 Å². The Hall–Kier alpha value is 2.68. The van der Waals surface area contributed by atoms with E-state index in [0.717, 1.165) is 20.6 Å². The maximum atomic E-state index is 4.17. The van der Waals surface area contributed by atoms with Crippen LogP contribution in [-0.2, 0) is 36.5 Å². The van der Waals surface area contributed by atoms with Crippen LogP contribution in [0.3, 0.4) is 0 Å². The van der Waals surface area contributed by atoms with Crippen molar-refractivity contribution in [2.24, 2.45) is 0 Å². The number of hydrogen-bond donors (Lipinski definition) is 0. The molecule has 5 heavy (non-hydrogen) atoms. The second-order valence-corrected chi connectivity index (χ2v) is 0. The van der Waals surface area contributed by atoms with Gasteiger partial charge in [-0.25, -0.2) is 0 Å². The van der Waals surface area contributed by atoms with Gasteiger partial charge in [0.25, 0.3) is 0 Å². The Balaban J connectivity index is -0.00000000167. The van der Waals surface area contributed by atoms with Crippen molar-refractivity contribution in [2.75, 3.05) is 0 Å². The van der Waals surface area contributed by atoms with Gasteiger partial charge in [-0.3, -0.25) is 0 Å². The first-order chi connectivity index (χ1) is 1.00. The fraction of sp³-hybridized carbons (Fsp3) is 0. The summed E-state index contributed by atoms with van der Waals surface area (Å²) in [7, 11) is 4.17. The standard InChI is InChI=1S/Cu.S.Se.Sn.Zn. The number of hydrogen-bond acceptors (Lipinski definition) is 1. The first kappa shape index (κ1) is 25.3. The molecule has 5 radical (unpaired) electrons. The van der Waals surface area contributed by atoms with E-state index in [-0.39, 0.29) is 53.6 Å². The molecule has 5 heteroatoms. The van der Waals surface area contributed by atoms with Crippen LogP contribution in [0.2, 0.25) is 0 Å². The van der Waals surface area contributed by atoms with Crippen molar-refractivity contribution in [3.8, 4) is 0 Å². The molecule has 29 valence electrons. The Morgan fingerprint density at radius 2 is 1.20 bits per heavy atom. The summed E-state index contributed by atoms with van der Waals surface area (Å²) < 4.78 is 0. The molecule has 0 aliphatic heterocycles. The summed E-state index contributed by atoms with van der Waals surface area (Å²) in [6.07, 6.45) is 0. The SMILES string of the molecule is [Cu].[S]=[Sn].[Se].[Zn]. The Labute approximate surface area is 82.2 Å². The van der Waals surface area contributed by atoms with E-state index in [0.29, 0.717) is 0 Å². The number of rotatable bonds is 0. The quantitative estimate of drug-likeness (QED) is 0.544. The van der Waals surface area contributed by atoms with Crippen molar-refractivity contribution in [1.29, 1.82) is 0 Å². The zero-order valence-electron chi connectivity index (χ0n) is 2.33. The minimum Gasteiger partial charge on any atom is 0 e. The second-order valence-electron chi connectivity index (χ2n) is 0. The van der Waals surface area contributed by atoms with E-state index in [2.05, 4.69) is 9.29 Å². The van der Waals surface area contributed by atoms with E-state index in [4.69, 9.17) is 0 Å². The normalized spacial score (nSPS) is 0.800. The van der Waals surface area contributed by atoms with Crippen LogP contribution in [0.4, 0.5) is 0 Å². The molecule has 0 saturated carbocycles. The zero-order chi connectivity index (χ0) is 2.00. The van der Waals surface area contributed by atoms with Crippen LogP contribution < -0.4 is 0 Å². The topological polar surface area (TPSA) is 0 Å². The summed E-state index contributed by atoms with van der Waals surface area (Å²) in [5.41, 5.74) is 0. The molecule has 0 amide bonds. The predicted octanol–water partition coefficient (Wildman–Crippen LogP) is -0.118. The van der Waals surface area contributed by atoms with Crippen molar-refractivity contribution in [3.63, 3.8) is 0 Å². The molecule has 0 aromatic rings. The molecule has 0 aliphatic rings. The van der Waals surface area contributed by atoms with Crippen molar-refractivity contribution in [2.45, 2.75) is 0 Å². The van der Waals surface area contributed by atoms with Gasteiger partial charge < -0.3 is 0 Å². The van der Waals surface area contributed by atoms with Crippen molar-refractivity contribution < 1.29 is 36.5 Å². The van der Waals surface area contributed by atoms with Gasteiger partial charge in [0.05, 0.1) is 0 Å². The Morgan fingerprint density at radius 3 is 1.20 bits per heavy atom. The van der Waals surface area contributed by atoms with Gasteiger partial charge in [0.2, 0.25) is 0 Å². The summed E-state index contributed by atoms with van der Waals surface area (Å²) in [5.74, 6) is 0. The van der Waals surface area contributed by atoms with E-state index >= 15 is 0 Å². The van der Waals surface area contributed by atoms with Gasteiger partial charge in [0.15, 0.2) is 0 Å². The molecule has 0 aromatic heterocycles. The minimum atomic E-state index is 0. The molecule has 0 fully saturated rings. The second kappa shape index (κ2) is 30.0. The average Bonchev–Trinajstić information content (AvgIpc) is 1.00. The molecule has 0 nitrogen and oxygen atoms in total. The minimum absolute atomic E-state index is 0. The van der Waals surface area contributed by atoms with Crippen LogP contribution >= 0.6 is 9.29 Å². The van der Waals surface area contributed by atoms with Crippen molar-refractivity contribution in [3.05, 3.63) is 0 Å². The predicted molar refractivity (Wildman–Crippen MR) is 19.1 cm³/mol. The van der Waals surface area contributed by atoms with Crippen LogP contribution in [0.25, 0.3) is 0 Å². The van der Waals surface area contributed by atoms with Crippen LogP contribution in [-0.4, -0.2) is 37.6 Å². The summed E-state index contributed by atoms with van der Waals surface area (Å²) >= 11 is 1.13. The zero-order valence-corrected chi connectivity index (χ0v) is 11.6. The van der Waals surface area contributed by atoms with Gasteiger partial charge in [0, 0.05) is 53.6 Å². The molecule has 0 bridgehead atoms. The largest absolute Gasteiger partial charge is 0 e. The van der Waals surface area contributed by atoms with E-state index in [1.165, 1.54) is 0 Å². The Bertz CT molecular complexity index is 11.6. The van der Waals surface area contributed by atoms with Gasteiger partial charge in [-0.1, -0.05) is 0 Å². The first-order valence-electron chi connectivity index (χ1n) is 0.204. The fourth-order valence-electron chi connectivity index (χ4n) is 0.